The van der Waals surface area contributed by atoms with E-state index in [1.54, 1.807) is 7.11 Å². The number of halogens is 1. The Labute approximate surface area is 141 Å². The molecule has 0 aromatic heterocycles. The van der Waals surface area contributed by atoms with Crippen molar-refractivity contribution in [3.63, 3.8) is 0 Å². The number of fused-ring (bicyclic) bond motifs is 1. The van der Waals surface area contributed by atoms with Crippen LogP contribution in [0.3, 0.4) is 0 Å². The number of hydrogen-bond donors (Lipinski definition) is 1. The molecule has 0 aliphatic carbocycles. The summed E-state index contributed by atoms with van der Waals surface area (Å²) < 4.78 is 16.3. The second-order valence-electron chi connectivity index (χ2n) is 5.46. The fraction of sp³-hybridized carbons (Fsp3) is 0.333. The van der Waals surface area contributed by atoms with Crippen LogP contribution in [0.15, 0.2) is 36.4 Å². The fourth-order valence-corrected chi connectivity index (χ4v) is 2.90. The Balaban J connectivity index is 1.60. The second-order valence-corrected chi connectivity index (χ2v) is 5.87. The average Bonchev–Trinajstić information content (AvgIpc) is 2.56. The van der Waals surface area contributed by atoms with Crippen LogP contribution < -0.4 is 14.8 Å². The minimum atomic E-state index is 0.544. The van der Waals surface area contributed by atoms with E-state index in [1.807, 2.05) is 18.2 Å². The van der Waals surface area contributed by atoms with Crippen LogP contribution in [0, 0.1) is 0 Å². The van der Waals surface area contributed by atoms with Gasteiger partial charge in [0.1, 0.15) is 13.2 Å². The first-order valence-electron chi connectivity index (χ1n) is 7.62. The lowest BCUT2D eigenvalue weighted by Crippen LogP contribution is -2.17. The van der Waals surface area contributed by atoms with Crippen LogP contribution in [-0.2, 0) is 24.4 Å². The van der Waals surface area contributed by atoms with Crippen molar-refractivity contribution in [2.45, 2.75) is 19.7 Å². The molecule has 122 valence electrons. The van der Waals surface area contributed by atoms with E-state index in [4.69, 9.17) is 25.8 Å². The van der Waals surface area contributed by atoms with Crippen molar-refractivity contribution in [3.05, 3.63) is 58.1 Å². The van der Waals surface area contributed by atoms with Crippen molar-refractivity contribution in [1.82, 2.24) is 5.32 Å². The van der Waals surface area contributed by atoms with Gasteiger partial charge < -0.3 is 19.5 Å². The maximum atomic E-state index is 6.25. The first-order valence-corrected chi connectivity index (χ1v) is 7.99. The third-order valence-electron chi connectivity index (χ3n) is 3.62. The highest BCUT2D eigenvalue weighted by molar-refractivity contribution is 6.32. The van der Waals surface area contributed by atoms with Crippen LogP contribution in [0.4, 0.5) is 0 Å². The predicted octanol–water partition coefficient (Wildman–Crippen LogP) is 3.55. The first-order chi connectivity index (χ1) is 11.3. The molecule has 0 bridgehead atoms. The van der Waals surface area contributed by atoms with Crippen LogP contribution in [0.5, 0.6) is 11.5 Å². The maximum absolute atomic E-state index is 6.25. The Morgan fingerprint density at radius 2 is 1.83 bits per heavy atom. The molecule has 1 aliphatic heterocycles. The summed E-state index contributed by atoms with van der Waals surface area (Å²) in [7, 11) is 1.70. The van der Waals surface area contributed by atoms with E-state index in [0.717, 1.165) is 17.9 Å². The quantitative estimate of drug-likeness (QED) is 0.877. The molecule has 3 rings (SSSR count). The number of benzene rings is 2. The van der Waals surface area contributed by atoms with E-state index in [-0.39, 0.29) is 0 Å². The van der Waals surface area contributed by atoms with Crippen LogP contribution in [0.1, 0.15) is 16.7 Å². The van der Waals surface area contributed by atoms with Crippen molar-refractivity contribution in [2.24, 2.45) is 0 Å². The largest absolute Gasteiger partial charge is 0.486 e. The van der Waals surface area contributed by atoms with E-state index in [1.165, 1.54) is 11.1 Å². The molecular formula is C18H20ClNO3. The SMILES string of the molecule is COCc1cccc(CNCc2cc(Cl)c3c(c2)OCCO3)c1. The summed E-state index contributed by atoms with van der Waals surface area (Å²) in [6.07, 6.45) is 0. The molecule has 4 nitrogen and oxygen atoms in total. The lowest BCUT2D eigenvalue weighted by molar-refractivity contribution is 0.171. The van der Waals surface area contributed by atoms with Gasteiger partial charge in [0.05, 0.1) is 11.6 Å². The van der Waals surface area contributed by atoms with E-state index in [2.05, 4.69) is 23.5 Å². The van der Waals surface area contributed by atoms with Gasteiger partial charge in [0.15, 0.2) is 11.5 Å². The first kappa shape index (κ1) is 16.1. The van der Waals surface area contributed by atoms with Gasteiger partial charge >= 0.3 is 0 Å². The normalized spacial score (nSPS) is 13.1. The van der Waals surface area contributed by atoms with Crippen molar-refractivity contribution < 1.29 is 14.2 Å². The van der Waals surface area contributed by atoms with Gasteiger partial charge in [-0.3, -0.25) is 0 Å². The van der Waals surface area contributed by atoms with E-state index in [9.17, 15) is 0 Å². The minimum absolute atomic E-state index is 0.544. The second kappa shape index (κ2) is 7.68. The fourth-order valence-electron chi connectivity index (χ4n) is 2.61. The maximum Gasteiger partial charge on any atom is 0.179 e. The van der Waals surface area contributed by atoms with Gasteiger partial charge in [0.25, 0.3) is 0 Å². The van der Waals surface area contributed by atoms with Gasteiger partial charge in [-0.05, 0) is 28.8 Å². The van der Waals surface area contributed by atoms with Crippen LogP contribution in [0.2, 0.25) is 5.02 Å². The van der Waals surface area contributed by atoms with Gasteiger partial charge in [-0.25, -0.2) is 0 Å². The number of ether oxygens (including phenoxy) is 3. The highest BCUT2D eigenvalue weighted by atomic mass is 35.5. The minimum Gasteiger partial charge on any atom is -0.486 e. The summed E-state index contributed by atoms with van der Waals surface area (Å²) in [5.74, 6) is 1.37. The van der Waals surface area contributed by atoms with Crippen LogP contribution in [-0.4, -0.2) is 20.3 Å². The van der Waals surface area contributed by atoms with Gasteiger partial charge in [-0.2, -0.15) is 0 Å². The van der Waals surface area contributed by atoms with E-state index >= 15 is 0 Å². The van der Waals surface area contributed by atoms with Crippen molar-refractivity contribution in [1.29, 1.82) is 0 Å². The Morgan fingerprint density at radius 1 is 1.04 bits per heavy atom. The highest BCUT2D eigenvalue weighted by Gasteiger charge is 2.16. The van der Waals surface area contributed by atoms with Crippen molar-refractivity contribution >= 4 is 11.6 Å². The summed E-state index contributed by atoms with van der Waals surface area (Å²) >= 11 is 6.25. The standard InChI is InChI=1S/C18H20ClNO3/c1-21-12-14-4-2-3-13(7-14)10-20-11-15-8-16(19)18-17(9-15)22-5-6-23-18/h2-4,7-9,20H,5-6,10-12H2,1H3. The molecule has 0 fully saturated rings. The summed E-state index contributed by atoms with van der Waals surface area (Å²) in [4.78, 5) is 0. The molecule has 0 amide bonds. The summed E-state index contributed by atoms with van der Waals surface area (Å²) in [6, 6.07) is 12.3. The molecule has 0 saturated carbocycles. The number of nitrogens with one attached hydrogen (secondary N) is 1. The Bertz CT molecular complexity index is 675. The molecule has 1 aliphatic rings. The molecule has 0 unspecified atom stereocenters. The molecule has 0 radical (unpaired) electrons. The van der Waals surface area contributed by atoms with Gasteiger partial charge in [0, 0.05) is 20.2 Å². The van der Waals surface area contributed by atoms with Gasteiger partial charge in [0.2, 0.25) is 0 Å². The van der Waals surface area contributed by atoms with E-state index in [0.29, 0.717) is 37.1 Å². The Kier molecular flexibility index (Phi) is 5.39. The molecule has 23 heavy (non-hydrogen) atoms. The molecule has 2 aromatic carbocycles. The summed E-state index contributed by atoms with van der Waals surface area (Å²) in [6.45, 7) is 3.23. The van der Waals surface area contributed by atoms with Crippen LogP contribution in [0.25, 0.3) is 0 Å². The number of hydrogen-bond acceptors (Lipinski definition) is 4. The molecule has 5 heteroatoms. The average molecular weight is 334 g/mol. The van der Waals surface area contributed by atoms with Crippen molar-refractivity contribution in [2.75, 3.05) is 20.3 Å². The monoisotopic (exact) mass is 333 g/mol. The lowest BCUT2D eigenvalue weighted by Gasteiger charge is -2.20. The van der Waals surface area contributed by atoms with Gasteiger partial charge in [-0.15, -0.1) is 0 Å². The van der Waals surface area contributed by atoms with Gasteiger partial charge in [-0.1, -0.05) is 35.9 Å². The lowest BCUT2D eigenvalue weighted by atomic mass is 10.1. The Morgan fingerprint density at radius 3 is 2.70 bits per heavy atom. The summed E-state index contributed by atoms with van der Waals surface area (Å²) in [5.41, 5.74) is 3.48. The zero-order valence-electron chi connectivity index (χ0n) is 13.1. The third-order valence-corrected chi connectivity index (χ3v) is 3.90. The molecule has 1 heterocycles. The smallest absolute Gasteiger partial charge is 0.179 e. The predicted molar refractivity (Wildman–Crippen MR) is 90.1 cm³/mol. The van der Waals surface area contributed by atoms with E-state index < -0.39 is 0 Å². The van der Waals surface area contributed by atoms with Crippen LogP contribution >= 0.6 is 11.6 Å². The molecule has 2 aromatic rings. The summed E-state index contributed by atoms with van der Waals surface area (Å²) in [5, 5.41) is 4.02. The zero-order chi connectivity index (χ0) is 16.1. The third kappa shape index (κ3) is 4.16. The number of rotatable bonds is 6. The highest BCUT2D eigenvalue weighted by Crippen LogP contribution is 2.38. The molecule has 0 saturated heterocycles. The zero-order valence-corrected chi connectivity index (χ0v) is 13.9. The van der Waals surface area contributed by atoms with Crippen molar-refractivity contribution in [3.8, 4) is 11.5 Å². The molecular weight excluding hydrogens is 314 g/mol. The molecule has 0 spiro atoms. The molecule has 0 atom stereocenters. The topological polar surface area (TPSA) is 39.7 Å². The Hall–Kier alpha value is -1.75. The number of methoxy groups -OCH3 is 1. The molecule has 1 N–H and O–H groups in total.